The molecule has 34 heavy (non-hydrogen) atoms. The maximum absolute atomic E-state index is 13.2. The molecule has 5 nitrogen and oxygen atoms in total. The van der Waals surface area contributed by atoms with Crippen molar-refractivity contribution in [1.29, 1.82) is 0 Å². The van der Waals surface area contributed by atoms with Crippen LogP contribution in [0.1, 0.15) is 36.7 Å². The van der Waals surface area contributed by atoms with E-state index in [9.17, 15) is 4.79 Å². The van der Waals surface area contributed by atoms with E-state index < -0.39 is 0 Å². The smallest absolute Gasteiger partial charge is 0.282 e. The van der Waals surface area contributed by atoms with Gasteiger partial charge >= 0.3 is 0 Å². The van der Waals surface area contributed by atoms with Crippen LogP contribution in [0.25, 0.3) is 10.9 Å². The number of ether oxygens (including phenoxy) is 1. The van der Waals surface area contributed by atoms with Crippen LogP contribution in [0.3, 0.4) is 0 Å². The Bertz CT molecular complexity index is 1470. The summed E-state index contributed by atoms with van der Waals surface area (Å²) in [6.45, 7) is 4.30. The van der Waals surface area contributed by atoms with Gasteiger partial charge in [-0.1, -0.05) is 59.0 Å². The summed E-state index contributed by atoms with van der Waals surface area (Å²) < 4.78 is 9.04. The number of hydrogen-bond donors (Lipinski definition) is 0. The zero-order valence-electron chi connectivity index (χ0n) is 18.2. The average Bonchev–Trinajstić information content (AvgIpc) is 2.79. The topological polar surface area (TPSA) is 56.5 Å². The highest BCUT2D eigenvalue weighted by Crippen LogP contribution is 2.26. The van der Waals surface area contributed by atoms with Gasteiger partial charge in [0.1, 0.15) is 18.2 Å². The fraction of sp³-hybridized carbons (Fsp3) is 0.160. The molecule has 0 radical (unpaired) electrons. The maximum Gasteiger partial charge on any atom is 0.282 e. The molecule has 0 saturated carbocycles. The number of aromatic nitrogens is 2. The molecule has 1 aromatic heterocycles. The first-order valence-electron chi connectivity index (χ1n) is 10.4. The van der Waals surface area contributed by atoms with Gasteiger partial charge in [0.25, 0.3) is 5.56 Å². The molecular weight excluding hydrogens is 652 g/mol. The summed E-state index contributed by atoms with van der Waals surface area (Å²) in [7, 11) is 0. The minimum atomic E-state index is -0.208. The maximum atomic E-state index is 13.2. The lowest BCUT2D eigenvalue weighted by Gasteiger charge is -2.12. The monoisotopic (exact) mass is 669 g/mol. The molecule has 0 aliphatic heterocycles. The van der Waals surface area contributed by atoms with Gasteiger partial charge in [0.15, 0.2) is 0 Å². The number of fused-ring (bicyclic) bond motifs is 1. The van der Waals surface area contributed by atoms with E-state index in [0.29, 0.717) is 33.4 Å². The summed E-state index contributed by atoms with van der Waals surface area (Å²) in [5.74, 6) is 1.35. The molecule has 0 amide bonds. The molecule has 0 aliphatic rings. The first-order chi connectivity index (χ1) is 16.2. The lowest BCUT2D eigenvalue weighted by Crippen LogP contribution is -2.23. The van der Waals surface area contributed by atoms with E-state index in [2.05, 4.69) is 48.6 Å². The minimum absolute atomic E-state index is 0.0218. The van der Waals surface area contributed by atoms with Crippen molar-refractivity contribution in [2.24, 2.45) is 5.10 Å². The molecule has 174 valence electrons. The second-order valence-corrected chi connectivity index (χ2v) is 10.8. The van der Waals surface area contributed by atoms with Crippen molar-refractivity contribution in [1.82, 2.24) is 9.66 Å². The summed E-state index contributed by atoms with van der Waals surface area (Å²) in [5, 5.41) is 6.15. The molecule has 0 aliphatic carbocycles. The zero-order valence-corrected chi connectivity index (χ0v) is 23.5. The molecule has 0 atom stereocenters. The van der Waals surface area contributed by atoms with Gasteiger partial charge in [-0.25, -0.2) is 4.98 Å². The Kier molecular flexibility index (Phi) is 7.97. The molecule has 9 heteroatoms. The van der Waals surface area contributed by atoms with Crippen molar-refractivity contribution in [3.05, 3.63) is 100.0 Å². The predicted molar refractivity (Wildman–Crippen MR) is 151 cm³/mol. The largest absolute Gasteiger partial charge is 0.488 e. The van der Waals surface area contributed by atoms with Gasteiger partial charge in [-0.2, -0.15) is 9.78 Å². The number of nitrogens with zero attached hydrogens (tertiary/aromatic N) is 3. The van der Waals surface area contributed by atoms with Gasteiger partial charge in [0, 0.05) is 26.0 Å². The Balaban J connectivity index is 1.60. The quantitative estimate of drug-likeness (QED) is 0.156. The number of hydrogen-bond acceptors (Lipinski definition) is 4. The van der Waals surface area contributed by atoms with Crippen molar-refractivity contribution in [3.63, 3.8) is 0 Å². The molecule has 4 aromatic rings. The molecule has 0 unspecified atom stereocenters. The molecule has 4 rings (SSSR count). The molecule has 0 bridgehead atoms. The van der Waals surface area contributed by atoms with Crippen LogP contribution in [0.5, 0.6) is 5.75 Å². The Morgan fingerprint density at radius 2 is 1.94 bits per heavy atom. The normalized spacial score (nSPS) is 11.6. The zero-order chi connectivity index (χ0) is 24.4. The molecule has 0 fully saturated rings. The number of benzene rings is 3. The summed E-state index contributed by atoms with van der Waals surface area (Å²) in [5.41, 5.74) is 2.13. The van der Waals surface area contributed by atoms with Crippen molar-refractivity contribution in [3.8, 4) is 5.75 Å². The van der Waals surface area contributed by atoms with Crippen LogP contribution in [0.4, 0.5) is 0 Å². The van der Waals surface area contributed by atoms with Crippen molar-refractivity contribution < 1.29 is 4.74 Å². The third-order valence-electron chi connectivity index (χ3n) is 5.03. The fourth-order valence-corrected chi connectivity index (χ4v) is 4.80. The number of rotatable bonds is 6. The van der Waals surface area contributed by atoms with Gasteiger partial charge in [0.2, 0.25) is 0 Å². The summed E-state index contributed by atoms with van der Waals surface area (Å²) >= 11 is 17.8. The van der Waals surface area contributed by atoms with E-state index in [0.717, 1.165) is 24.9 Å². The lowest BCUT2D eigenvalue weighted by atomic mass is 10.2. The summed E-state index contributed by atoms with van der Waals surface area (Å²) in [4.78, 5) is 17.8. The first kappa shape index (κ1) is 25.2. The van der Waals surface area contributed by atoms with Crippen LogP contribution >= 0.6 is 61.7 Å². The van der Waals surface area contributed by atoms with E-state index in [1.165, 1.54) is 4.68 Å². The van der Waals surface area contributed by atoms with E-state index in [1.54, 1.807) is 24.4 Å². The highest BCUT2D eigenvalue weighted by atomic mass is 127. The van der Waals surface area contributed by atoms with Gasteiger partial charge < -0.3 is 4.74 Å². The predicted octanol–water partition coefficient (Wildman–Crippen LogP) is 7.66. The van der Waals surface area contributed by atoms with E-state index in [4.69, 9.17) is 27.9 Å². The molecule has 0 spiro atoms. The molecule has 0 N–H and O–H groups in total. The van der Waals surface area contributed by atoms with Crippen molar-refractivity contribution in [2.45, 2.75) is 26.4 Å². The molecule has 3 aromatic carbocycles. The van der Waals surface area contributed by atoms with Crippen LogP contribution in [-0.4, -0.2) is 15.9 Å². The van der Waals surface area contributed by atoms with Crippen LogP contribution in [0, 0.1) is 3.57 Å². The average molecular weight is 671 g/mol. The Morgan fingerprint density at radius 1 is 1.15 bits per heavy atom. The van der Waals surface area contributed by atoms with Crippen molar-refractivity contribution in [2.75, 3.05) is 0 Å². The Hall–Kier alpha value is -1.94. The third-order valence-corrected chi connectivity index (χ3v) is 6.95. The van der Waals surface area contributed by atoms with E-state index >= 15 is 0 Å². The van der Waals surface area contributed by atoms with Crippen molar-refractivity contribution >= 4 is 78.8 Å². The standard InChI is InChI=1S/C25H19BrCl2IN3O2/c1-14(2)24-31-22-7-5-17(26)10-19(22)25(33)32(24)30-12-15-3-8-23(21(29)9-15)34-13-16-4-6-18(27)11-20(16)28/h3-12,14H,13H2,1-2H3. The first-order valence-corrected chi connectivity index (χ1v) is 13.0. The minimum Gasteiger partial charge on any atom is -0.488 e. The highest BCUT2D eigenvalue weighted by molar-refractivity contribution is 14.1. The van der Waals surface area contributed by atoms with E-state index in [-0.39, 0.29) is 11.5 Å². The van der Waals surface area contributed by atoms with Gasteiger partial charge in [-0.05, 0) is 76.7 Å². The third kappa shape index (κ3) is 5.64. The highest BCUT2D eigenvalue weighted by Gasteiger charge is 2.14. The van der Waals surface area contributed by atoms with Gasteiger partial charge in [0.05, 0.1) is 20.7 Å². The Morgan fingerprint density at radius 3 is 2.65 bits per heavy atom. The van der Waals surface area contributed by atoms with Crippen LogP contribution in [0.2, 0.25) is 10.0 Å². The van der Waals surface area contributed by atoms with Gasteiger partial charge in [-0.15, -0.1) is 0 Å². The lowest BCUT2D eigenvalue weighted by molar-refractivity contribution is 0.304. The van der Waals surface area contributed by atoms with Crippen LogP contribution < -0.4 is 10.3 Å². The van der Waals surface area contributed by atoms with Crippen LogP contribution in [0.15, 0.2) is 69.0 Å². The summed E-state index contributed by atoms with van der Waals surface area (Å²) in [6, 6.07) is 16.5. The molecular formula is C25H19BrCl2IN3O2. The fourth-order valence-electron chi connectivity index (χ4n) is 3.28. The second kappa shape index (κ2) is 10.8. The second-order valence-electron chi connectivity index (χ2n) is 7.86. The SMILES string of the molecule is CC(C)c1nc2ccc(Br)cc2c(=O)n1N=Cc1ccc(OCc2ccc(Cl)cc2Cl)c(I)c1. The molecule has 0 saturated heterocycles. The van der Waals surface area contributed by atoms with E-state index in [1.807, 2.05) is 50.2 Å². The Labute approximate surface area is 229 Å². The number of halogens is 4. The van der Waals surface area contributed by atoms with Crippen LogP contribution in [-0.2, 0) is 6.61 Å². The molecule has 1 heterocycles. The van der Waals surface area contributed by atoms with Gasteiger partial charge in [-0.3, -0.25) is 4.79 Å². The summed E-state index contributed by atoms with van der Waals surface area (Å²) in [6.07, 6.45) is 1.65.